The summed E-state index contributed by atoms with van der Waals surface area (Å²) in [6.45, 7) is 1.90. The van der Waals surface area contributed by atoms with Crippen LogP contribution >= 0.6 is 0 Å². The summed E-state index contributed by atoms with van der Waals surface area (Å²) in [6.07, 6.45) is 5.05. The summed E-state index contributed by atoms with van der Waals surface area (Å²) < 4.78 is 0. The largest absolute Gasteiger partial charge is 0.264 e. The van der Waals surface area contributed by atoms with E-state index in [-0.39, 0.29) is 0 Å². The topological polar surface area (TPSA) is 49.6 Å². The molecule has 72 valence electrons. The molecule has 15 heavy (non-hydrogen) atoms. The quantitative estimate of drug-likeness (QED) is 0.701. The van der Waals surface area contributed by atoms with E-state index in [9.17, 15) is 0 Å². The van der Waals surface area contributed by atoms with Crippen molar-refractivity contribution in [1.29, 1.82) is 5.26 Å². The molecule has 0 aliphatic heterocycles. The number of aromatic nitrogens is 2. The van der Waals surface area contributed by atoms with Gasteiger partial charge in [0.2, 0.25) is 0 Å². The zero-order chi connectivity index (χ0) is 10.7. The summed E-state index contributed by atoms with van der Waals surface area (Å²) in [4.78, 5) is 8.13. The van der Waals surface area contributed by atoms with Crippen LogP contribution < -0.4 is 0 Å². The summed E-state index contributed by atoms with van der Waals surface area (Å²) in [5.41, 5.74) is 3.30. The monoisotopic (exact) mass is 195 g/mol. The Kier molecular flexibility index (Phi) is 2.42. The van der Waals surface area contributed by atoms with Gasteiger partial charge in [-0.1, -0.05) is 6.07 Å². The maximum absolute atomic E-state index is 8.96. The van der Waals surface area contributed by atoms with Gasteiger partial charge in [-0.05, 0) is 19.1 Å². The molecule has 0 radical (unpaired) electrons. The molecule has 2 aromatic rings. The third-order valence-corrected chi connectivity index (χ3v) is 2.13. The highest BCUT2D eigenvalue weighted by Gasteiger charge is 2.05. The van der Waals surface area contributed by atoms with Crippen molar-refractivity contribution in [3.8, 4) is 17.2 Å². The van der Waals surface area contributed by atoms with E-state index in [2.05, 4.69) is 16.0 Å². The Morgan fingerprint density at radius 1 is 1.33 bits per heavy atom. The third-order valence-electron chi connectivity index (χ3n) is 2.13. The average Bonchev–Trinajstić information content (AvgIpc) is 2.30. The first-order valence-corrected chi connectivity index (χ1v) is 4.58. The van der Waals surface area contributed by atoms with Gasteiger partial charge in [0.05, 0.1) is 5.56 Å². The molecule has 0 amide bonds. The summed E-state index contributed by atoms with van der Waals surface area (Å²) in [5, 5.41) is 8.96. The smallest absolute Gasteiger partial charge is 0.101 e. The highest BCUT2D eigenvalue weighted by Crippen LogP contribution is 2.22. The molecule has 0 aliphatic rings. The summed E-state index contributed by atoms with van der Waals surface area (Å²) in [5.74, 6) is 0. The molecule has 3 nitrogen and oxygen atoms in total. The SMILES string of the molecule is Cc1cc(-c2cccnc2)c(C#N)cn1. The van der Waals surface area contributed by atoms with Crippen LogP contribution in [0.15, 0.2) is 36.8 Å². The third kappa shape index (κ3) is 1.84. The molecule has 0 bridgehead atoms. The minimum atomic E-state index is 0.577. The van der Waals surface area contributed by atoms with Crippen LogP contribution in [0.4, 0.5) is 0 Å². The van der Waals surface area contributed by atoms with Crippen molar-refractivity contribution in [2.75, 3.05) is 0 Å². The Morgan fingerprint density at radius 2 is 2.20 bits per heavy atom. The summed E-state index contributed by atoms with van der Waals surface area (Å²) in [7, 11) is 0. The maximum Gasteiger partial charge on any atom is 0.101 e. The minimum Gasteiger partial charge on any atom is -0.264 e. The van der Waals surface area contributed by atoms with E-state index in [1.807, 2.05) is 25.1 Å². The fourth-order valence-electron chi connectivity index (χ4n) is 1.41. The molecule has 0 aliphatic carbocycles. The van der Waals surface area contributed by atoms with E-state index >= 15 is 0 Å². The van der Waals surface area contributed by atoms with E-state index in [0.29, 0.717) is 5.56 Å². The van der Waals surface area contributed by atoms with Crippen LogP contribution in [0.2, 0.25) is 0 Å². The lowest BCUT2D eigenvalue weighted by molar-refractivity contribution is 1.19. The molecule has 0 atom stereocenters. The van der Waals surface area contributed by atoms with Crippen molar-refractivity contribution in [3.05, 3.63) is 48.0 Å². The van der Waals surface area contributed by atoms with Crippen molar-refractivity contribution in [1.82, 2.24) is 9.97 Å². The van der Waals surface area contributed by atoms with Crippen LogP contribution in [0.1, 0.15) is 11.3 Å². The summed E-state index contributed by atoms with van der Waals surface area (Å²) in [6, 6.07) is 7.82. The lowest BCUT2D eigenvalue weighted by Gasteiger charge is -2.03. The molecule has 0 fully saturated rings. The molecule has 2 rings (SSSR count). The second-order valence-electron chi connectivity index (χ2n) is 3.22. The van der Waals surface area contributed by atoms with E-state index in [1.54, 1.807) is 18.6 Å². The second-order valence-corrected chi connectivity index (χ2v) is 3.22. The molecule has 2 aromatic heterocycles. The molecule has 0 unspecified atom stereocenters. The number of nitrogens with zero attached hydrogens (tertiary/aromatic N) is 3. The summed E-state index contributed by atoms with van der Waals surface area (Å²) >= 11 is 0. The van der Waals surface area contributed by atoms with Gasteiger partial charge in [-0.15, -0.1) is 0 Å². The van der Waals surface area contributed by atoms with E-state index < -0.39 is 0 Å². The van der Waals surface area contributed by atoms with Crippen molar-refractivity contribution in [2.45, 2.75) is 6.92 Å². The highest BCUT2D eigenvalue weighted by molar-refractivity contribution is 5.69. The van der Waals surface area contributed by atoms with E-state index in [0.717, 1.165) is 16.8 Å². The number of aryl methyl sites for hydroxylation is 1. The van der Waals surface area contributed by atoms with Crippen molar-refractivity contribution >= 4 is 0 Å². The lowest BCUT2D eigenvalue weighted by atomic mass is 10.0. The molecule has 0 saturated heterocycles. The predicted molar refractivity (Wildman–Crippen MR) is 56.9 cm³/mol. The number of nitriles is 1. The fourth-order valence-corrected chi connectivity index (χ4v) is 1.41. The van der Waals surface area contributed by atoms with E-state index in [4.69, 9.17) is 5.26 Å². The van der Waals surface area contributed by atoms with Gasteiger partial charge in [0.15, 0.2) is 0 Å². The highest BCUT2D eigenvalue weighted by atomic mass is 14.7. The molecule has 2 heterocycles. The Hall–Kier alpha value is -2.21. The van der Waals surface area contributed by atoms with Gasteiger partial charge in [-0.25, -0.2) is 0 Å². The van der Waals surface area contributed by atoms with Gasteiger partial charge >= 0.3 is 0 Å². The van der Waals surface area contributed by atoms with E-state index in [1.165, 1.54) is 0 Å². The molecule has 0 aromatic carbocycles. The van der Waals surface area contributed by atoms with Crippen LogP contribution in [-0.2, 0) is 0 Å². The maximum atomic E-state index is 8.96. The van der Waals surface area contributed by atoms with Crippen LogP contribution in [0, 0.1) is 18.3 Å². The van der Waals surface area contributed by atoms with Gasteiger partial charge in [-0.2, -0.15) is 5.26 Å². The van der Waals surface area contributed by atoms with Crippen LogP contribution in [-0.4, -0.2) is 9.97 Å². The molecule has 0 spiro atoms. The average molecular weight is 195 g/mol. The molecular formula is C12H9N3. The Bertz CT molecular complexity index is 512. The number of hydrogen-bond acceptors (Lipinski definition) is 3. The van der Waals surface area contributed by atoms with Gasteiger partial charge in [0.1, 0.15) is 6.07 Å². The first-order chi connectivity index (χ1) is 7.31. The Labute approximate surface area is 88.1 Å². The number of hydrogen-bond donors (Lipinski definition) is 0. The minimum absolute atomic E-state index is 0.577. The predicted octanol–water partition coefficient (Wildman–Crippen LogP) is 2.32. The standard InChI is InChI=1S/C12H9N3/c1-9-5-12(11(6-13)8-15-9)10-3-2-4-14-7-10/h2-5,7-8H,1H3. The fraction of sp³-hybridized carbons (Fsp3) is 0.0833. The van der Waals surface area contributed by atoms with Crippen molar-refractivity contribution < 1.29 is 0 Å². The van der Waals surface area contributed by atoms with Gasteiger partial charge in [-0.3, -0.25) is 9.97 Å². The van der Waals surface area contributed by atoms with Gasteiger partial charge < -0.3 is 0 Å². The number of rotatable bonds is 1. The van der Waals surface area contributed by atoms with Crippen LogP contribution in [0.3, 0.4) is 0 Å². The molecule has 0 saturated carbocycles. The lowest BCUT2D eigenvalue weighted by Crippen LogP contribution is -1.89. The van der Waals surface area contributed by atoms with Crippen molar-refractivity contribution in [3.63, 3.8) is 0 Å². The second kappa shape index (κ2) is 3.89. The molecular weight excluding hydrogens is 186 g/mol. The van der Waals surface area contributed by atoms with Crippen LogP contribution in [0.5, 0.6) is 0 Å². The Morgan fingerprint density at radius 3 is 2.87 bits per heavy atom. The zero-order valence-corrected chi connectivity index (χ0v) is 8.31. The van der Waals surface area contributed by atoms with Crippen molar-refractivity contribution in [2.24, 2.45) is 0 Å². The number of pyridine rings is 2. The zero-order valence-electron chi connectivity index (χ0n) is 8.31. The first-order valence-electron chi connectivity index (χ1n) is 4.58. The van der Waals surface area contributed by atoms with Gasteiger partial charge in [0, 0.05) is 35.4 Å². The normalized spacial score (nSPS) is 9.60. The molecule has 0 N–H and O–H groups in total. The van der Waals surface area contributed by atoms with Gasteiger partial charge in [0.25, 0.3) is 0 Å². The molecule has 3 heteroatoms. The first kappa shape index (κ1) is 9.35. The Balaban J connectivity index is 2.62. The van der Waals surface area contributed by atoms with Crippen LogP contribution in [0.25, 0.3) is 11.1 Å².